The number of benzene rings is 1. The van der Waals surface area contributed by atoms with Gasteiger partial charge in [0, 0.05) is 25.2 Å². The molecule has 0 fully saturated rings. The first kappa shape index (κ1) is 21.9. The largest absolute Gasteiger partial charge is 0.491 e. The number of halogens is 1. The van der Waals surface area contributed by atoms with E-state index >= 15 is 0 Å². The minimum absolute atomic E-state index is 0. The molecule has 7 heteroatoms. The van der Waals surface area contributed by atoms with Gasteiger partial charge in [0.25, 0.3) is 0 Å². The first-order valence-corrected chi connectivity index (χ1v) is 6.39. The van der Waals surface area contributed by atoms with Gasteiger partial charge in [-0.1, -0.05) is 13.8 Å². The van der Waals surface area contributed by atoms with Gasteiger partial charge in [0.05, 0.1) is 0 Å². The van der Waals surface area contributed by atoms with Crippen molar-refractivity contribution < 1.29 is 20.1 Å². The molecule has 1 aromatic carbocycles. The van der Waals surface area contributed by atoms with Gasteiger partial charge in [-0.05, 0) is 24.3 Å². The number of anilines is 1. The highest BCUT2D eigenvalue weighted by molar-refractivity contribution is 5.88. The lowest BCUT2D eigenvalue weighted by atomic mass is 10.3. The third-order valence-corrected chi connectivity index (χ3v) is 2.38. The third-order valence-electron chi connectivity index (χ3n) is 2.38. The lowest BCUT2D eigenvalue weighted by molar-refractivity contribution is -0.114. The minimum Gasteiger partial charge on any atom is -0.491 e. The second kappa shape index (κ2) is 11.3. The van der Waals surface area contributed by atoms with Crippen molar-refractivity contribution in [3.05, 3.63) is 24.3 Å². The Bertz CT molecular complexity index is 398. The number of nitrogens with one attached hydrogen (secondary N) is 2. The van der Waals surface area contributed by atoms with Crippen LogP contribution in [-0.4, -0.2) is 41.8 Å². The van der Waals surface area contributed by atoms with Gasteiger partial charge in [-0.25, -0.2) is 0 Å². The van der Waals surface area contributed by atoms with Crippen LogP contribution in [0.15, 0.2) is 24.3 Å². The van der Waals surface area contributed by atoms with E-state index in [1.807, 2.05) is 13.8 Å². The van der Waals surface area contributed by atoms with E-state index in [1.165, 1.54) is 6.92 Å². The summed E-state index contributed by atoms with van der Waals surface area (Å²) >= 11 is 0. The summed E-state index contributed by atoms with van der Waals surface area (Å²) in [5.41, 5.74) is 0.724. The molecule has 0 bridgehead atoms. The summed E-state index contributed by atoms with van der Waals surface area (Å²) in [5.74, 6) is 0.557. The van der Waals surface area contributed by atoms with Crippen LogP contribution in [0.5, 0.6) is 5.75 Å². The number of carbonyl (C=O) groups excluding carboxylic acids is 1. The number of carbonyl (C=O) groups is 1. The molecule has 5 N–H and O–H groups in total. The average Bonchev–Trinajstić information content (AvgIpc) is 2.35. The highest BCUT2D eigenvalue weighted by Gasteiger charge is 2.06. The lowest BCUT2D eigenvalue weighted by Crippen LogP contribution is -2.35. The van der Waals surface area contributed by atoms with Crippen LogP contribution in [-0.2, 0) is 4.79 Å². The minimum atomic E-state index is -0.544. The Labute approximate surface area is 131 Å². The van der Waals surface area contributed by atoms with E-state index in [4.69, 9.17) is 4.74 Å². The van der Waals surface area contributed by atoms with Gasteiger partial charge in [0.15, 0.2) is 0 Å². The summed E-state index contributed by atoms with van der Waals surface area (Å²) < 4.78 is 5.46. The molecule has 21 heavy (non-hydrogen) atoms. The maximum absolute atomic E-state index is 10.9. The molecule has 1 unspecified atom stereocenters. The first-order valence-electron chi connectivity index (χ1n) is 6.39. The Morgan fingerprint density at radius 2 is 1.86 bits per heavy atom. The smallest absolute Gasteiger partial charge is 0.221 e. The lowest BCUT2D eigenvalue weighted by Gasteiger charge is -2.15. The summed E-state index contributed by atoms with van der Waals surface area (Å²) in [6.07, 6.45) is -0.544. The molecule has 0 aliphatic heterocycles. The number of hydrogen-bond donors (Lipinski definition) is 3. The van der Waals surface area contributed by atoms with Crippen LogP contribution >= 0.6 is 12.4 Å². The van der Waals surface area contributed by atoms with Gasteiger partial charge >= 0.3 is 0 Å². The Hall–Kier alpha value is -1.34. The van der Waals surface area contributed by atoms with E-state index < -0.39 is 6.10 Å². The standard InChI is InChI=1S/C14H22N2O3.ClH.H2O/c1-10(2)15-8-13(18)9-19-14-6-4-12(5-7-14)16-11(3)17;;/h4-7,10,13,15,18H,8-9H2,1-3H3,(H,16,17);1H;1H2. The number of rotatable bonds is 7. The number of amides is 1. The molecule has 0 heterocycles. The molecule has 0 aromatic heterocycles. The first-order chi connectivity index (χ1) is 8.97. The van der Waals surface area contributed by atoms with Crippen molar-refractivity contribution in [2.24, 2.45) is 0 Å². The van der Waals surface area contributed by atoms with Crippen LogP contribution in [0.2, 0.25) is 0 Å². The monoisotopic (exact) mass is 320 g/mol. The highest BCUT2D eigenvalue weighted by atomic mass is 35.5. The quantitative estimate of drug-likeness (QED) is 0.697. The SMILES string of the molecule is CC(=O)Nc1ccc(OCC(O)CNC(C)C)cc1.Cl.O. The van der Waals surface area contributed by atoms with E-state index in [-0.39, 0.29) is 30.4 Å². The zero-order chi connectivity index (χ0) is 14.3. The van der Waals surface area contributed by atoms with Crippen molar-refractivity contribution in [1.29, 1.82) is 0 Å². The zero-order valence-corrected chi connectivity index (χ0v) is 13.4. The van der Waals surface area contributed by atoms with Crippen molar-refractivity contribution in [3.8, 4) is 5.75 Å². The fourth-order valence-corrected chi connectivity index (χ4v) is 1.46. The van der Waals surface area contributed by atoms with Gasteiger partial charge in [-0.3, -0.25) is 4.79 Å². The molecule has 1 atom stereocenters. The molecule has 0 aliphatic rings. The molecule has 1 rings (SSSR count). The number of ether oxygens (including phenoxy) is 1. The van der Waals surface area contributed by atoms with Crippen LogP contribution in [0.4, 0.5) is 5.69 Å². The van der Waals surface area contributed by atoms with Crippen LogP contribution in [0.3, 0.4) is 0 Å². The number of aliphatic hydroxyl groups excluding tert-OH is 1. The molecule has 1 amide bonds. The molecular weight excluding hydrogens is 296 g/mol. The molecular formula is C14H25ClN2O4. The van der Waals surface area contributed by atoms with Gasteiger partial charge in [-0.2, -0.15) is 0 Å². The molecule has 122 valence electrons. The molecule has 0 radical (unpaired) electrons. The van der Waals surface area contributed by atoms with Crippen LogP contribution in [0.1, 0.15) is 20.8 Å². The third kappa shape index (κ3) is 10.1. The molecule has 0 spiro atoms. The Morgan fingerprint density at radius 3 is 2.33 bits per heavy atom. The topological polar surface area (TPSA) is 102 Å². The van der Waals surface area contributed by atoms with Crippen molar-refractivity contribution in [2.45, 2.75) is 32.9 Å². The predicted octanol–water partition coefficient (Wildman–Crippen LogP) is 0.980. The number of hydrogen-bond acceptors (Lipinski definition) is 4. The summed E-state index contributed by atoms with van der Waals surface area (Å²) in [7, 11) is 0. The van der Waals surface area contributed by atoms with E-state index in [2.05, 4.69) is 10.6 Å². The summed E-state index contributed by atoms with van der Waals surface area (Å²) in [6, 6.07) is 7.37. The fourth-order valence-electron chi connectivity index (χ4n) is 1.46. The average molecular weight is 321 g/mol. The highest BCUT2D eigenvalue weighted by Crippen LogP contribution is 2.15. The molecule has 0 saturated carbocycles. The second-order valence-electron chi connectivity index (χ2n) is 4.73. The van der Waals surface area contributed by atoms with Gasteiger partial charge in [-0.15, -0.1) is 12.4 Å². The van der Waals surface area contributed by atoms with E-state index in [0.717, 1.165) is 5.69 Å². The van der Waals surface area contributed by atoms with E-state index in [1.54, 1.807) is 24.3 Å². The molecule has 0 saturated heterocycles. The van der Waals surface area contributed by atoms with Crippen molar-refractivity contribution in [2.75, 3.05) is 18.5 Å². The maximum atomic E-state index is 10.9. The molecule has 6 nitrogen and oxygen atoms in total. The fraction of sp³-hybridized carbons (Fsp3) is 0.500. The summed E-state index contributed by atoms with van der Waals surface area (Å²) in [4.78, 5) is 10.9. The van der Waals surface area contributed by atoms with Gasteiger partial charge < -0.3 is 26.0 Å². The molecule has 0 aliphatic carbocycles. The maximum Gasteiger partial charge on any atom is 0.221 e. The van der Waals surface area contributed by atoms with Gasteiger partial charge in [0.2, 0.25) is 5.91 Å². The second-order valence-corrected chi connectivity index (χ2v) is 4.73. The van der Waals surface area contributed by atoms with Gasteiger partial charge in [0.1, 0.15) is 18.5 Å². The zero-order valence-electron chi connectivity index (χ0n) is 12.6. The van der Waals surface area contributed by atoms with E-state index in [0.29, 0.717) is 18.3 Å². The van der Waals surface area contributed by atoms with Crippen molar-refractivity contribution in [1.82, 2.24) is 5.32 Å². The van der Waals surface area contributed by atoms with E-state index in [9.17, 15) is 9.90 Å². The van der Waals surface area contributed by atoms with Crippen molar-refractivity contribution >= 4 is 24.0 Å². The molecule has 1 aromatic rings. The number of aliphatic hydroxyl groups is 1. The predicted molar refractivity (Wildman–Crippen MR) is 86.2 cm³/mol. The Balaban J connectivity index is 0. The van der Waals surface area contributed by atoms with Crippen LogP contribution in [0, 0.1) is 0 Å². The van der Waals surface area contributed by atoms with Crippen LogP contribution in [0.25, 0.3) is 0 Å². The summed E-state index contributed by atoms with van der Waals surface area (Å²) in [5, 5.41) is 15.5. The van der Waals surface area contributed by atoms with Crippen LogP contribution < -0.4 is 15.4 Å². The van der Waals surface area contributed by atoms with Crippen molar-refractivity contribution in [3.63, 3.8) is 0 Å². The Kier molecular flexibility index (Phi) is 11.8. The summed E-state index contributed by atoms with van der Waals surface area (Å²) in [6.45, 7) is 6.24. The normalized spacial score (nSPS) is 11.1. The Morgan fingerprint density at radius 1 is 1.29 bits per heavy atom.